The second-order valence-corrected chi connectivity index (χ2v) is 6.12. The van der Waals surface area contributed by atoms with Gasteiger partial charge < -0.3 is 15.4 Å². The van der Waals surface area contributed by atoms with Gasteiger partial charge in [0.05, 0.1) is 12.2 Å². The standard InChI is InChI=1S/C14H24N2O2/c17-13(11-2-1-3-11)16-12-4-6-14(7-5-12)10-15-8-9-18-14/h11-12,15H,1-10H2,(H,16,17). The molecule has 4 heteroatoms. The van der Waals surface area contributed by atoms with Crippen LogP contribution in [0.1, 0.15) is 44.9 Å². The third-order valence-electron chi connectivity index (χ3n) is 4.85. The maximum atomic E-state index is 11.9. The van der Waals surface area contributed by atoms with Crippen LogP contribution >= 0.6 is 0 Å². The first-order valence-electron chi connectivity index (χ1n) is 7.43. The van der Waals surface area contributed by atoms with E-state index >= 15 is 0 Å². The smallest absolute Gasteiger partial charge is 0.223 e. The third-order valence-corrected chi connectivity index (χ3v) is 4.85. The van der Waals surface area contributed by atoms with Crippen molar-refractivity contribution in [2.45, 2.75) is 56.6 Å². The van der Waals surface area contributed by atoms with Crippen LogP contribution in [-0.2, 0) is 9.53 Å². The molecular formula is C14H24N2O2. The van der Waals surface area contributed by atoms with Gasteiger partial charge in [0.25, 0.3) is 0 Å². The highest BCUT2D eigenvalue weighted by atomic mass is 16.5. The third kappa shape index (κ3) is 2.54. The van der Waals surface area contributed by atoms with E-state index in [0.717, 1.165) is 58.2 Å². The monoisotopic (exact) mass is 252 g/mol. The van der Waals surface area contributed by atoms with Gasteiger partial charge in [0.2, 0.25) is 5.91 Å². The molecule has 2 saturated carbocycles. The van der Waals surface area contributed by atoms with Crippen LogP contribution in [0.5, 0.6) is 0 Å². The van der Waals surface area contributed by atoms with Crippen molar-refractivity contribution in [3.05, 3.63) is 0 Å². The maximum absolute atomic E-state index is 11.9. The quantitative estimate of drug-likeness (QED) is 0.776. The SMILES string of the molecule is O=C(NC1CCC2(CC1)CNCCO2)C1CCC1. The Labute approximate surface area is 109 Å². The van der Waals surface area contributed by atoms with Gasteiger partial charge in [0.1, 0.15) is 0 Å². The van der Waals surface area contributed by atoms with Gasteiger partial charge in [0, 0.05) is 25.0 Å². The Morgan fingerprint density at radius 1 is 1.22 bits per heavy atom. The minimum absolute atomic E-state index is 0.0654. The normalized spacial score (nSPS) is 37.2. The zero-order valence-corrected chi connectivity index (χ0v) is 11.0. The molecule has 3 fully saturated rings. The summed E-state index contributed by atoms with van der Waals surface area (Å²) in [7, 11) is 0. The van der Waals surface area contributed by atoms with Crippen molar-refractivity contribution < 1.29 is 9.53 Å². The minimum atomic E-state index is 0.0654. The zero-order chi connectivity index (χ0) is 12.4. The van der Waals surface area contributed by atoms with E-state index in [9.17, 15) is 4.79 Å². The summed E-state index contributed by atoms with van der Waals surface area (Å²) >= 11 is 0. The van der Waals surface area contributed by atoms with Crippen molar-refractivity contribution in [2.75, 3.05) is 19.7 Å². The Morgan fingerprint density at radius 3 is 2.56 bits per heavy atom. The second-order valence-electron chi connectivity index (χ2n) is 6.12. The van der Waals surface area contributed by atoms with E-state index in [1.165, 1.54) is 6.42 Å². The molecule has 1 aliphatic heterocycles. The largest absolute Gasteiger partial charge is 0.372 e. The molecule has 2 aliphatic carbocycles. The molecule has 18 heavy (non-hydrogen) atoms. The Hall–Kier alpha value is -0.610. The van der Waals surface area contributed by atoms with Crippen molar-refractivity contribution in [1.29, 1.82) is 0 Å². The summed E-state index contributed by atoms with van der Waals surface area (Å²) in [5, 5.41) is 6.65. The lowest BCUT2D eigenvalue weighted by Crippen LogP contribution is -2.54. The van der Waals surface area contributed by atoms with Crippen LogP contribution < -0.4 is 10.6 Å². The van der Waals surface area contributed by atoms with Crippen LogP contribution in [0.2, 0.25) is 0 Å². The number of morpholine rings is 1. The molecular weight excluding hydrogens is 228 g/mol. The first-order valence-corrected chi connectivity index (χ1v) is 7.43. The molecule has 0 bridgehead atoms. The van der Waals surface area contributed by atoms with E-state index in [1.54, 1.807) is 0 Å². The summed E-state index contributed by atoms with van der Waals surface area (Å²) in [5.41, 5.74) is 0.0654. The molecule has 3 rings (SSSR count). The summed E-state index contributed by atoms with van der Waals surface area (Å²) < 4.78 is 5.96. The molecule has 102 valence electrons. The number of nitrogens with one attached hydrogen (secondary N) is 2. The Kier molecular flexibility index (Phi) is 3.57. The molecule has 0 unspecified atom stereocenters. The van der Waals surface area contributed by atoms with Crippen LogP contribution in [0.3, 0.4) is 0 Å². The lowest BCUT2D eigenvalue weighted by atomic mass is 9.80. The molecule has 1 saturated heterocycles. The van der Waals surface area contributed by atoms with Gasteiger partial charge in [-0.25, -0.2) is 0 Å². The molecule has 0 aromatic carbocycles. The van der Waals surface area contributed by atoms with Crippen molar-refractivity contribution in [1.82, 2.24) is 10.6 Å². The van der Waals surface area contributed by atoms with Gasteiger partial charge in [-0.1, -0.05) is 6.42 Å². The number of carbonyl (C=O) groups excluding carboxylic acids is 1. The van der Waals surface area contributed by atoms with Gasteiger partial charge in [0.15, 0.2) is 0 Å². The second kappa shape index (κ2) is 5.17. The van der Waals surface area contributed by atoms with Crippen molar-refractivity contribution in [2.24, 2.45) is 5.92 Å². The van der Waals surface area contributed by atoms with Crippen molar-refractivity contribution in [3.63, 3.8) is 0 Å². The predicted octanol–water partition coefficient (Wildman–Crippen LogP) is 1.20. The number of hydrogen-bond acceptors (Lipinski definition) is 3. The van der Waals surface area contributed by atoms with Crippen LogP contribution in [0, 0.1) is 5.92 Å². The lowest BCUT2D eigenvalue weighted by molar-refractivity contribution is -0.129. The number of rotatable bonds is 2. The zero-order valence-electron chi connectivity index (χ0n) is 11.0. The minimum Gasteiger partial charge on any atom is -0.372 e. The molecule has 1 amide bonds. The van der Waals surface area contributed by atoms with Crippen LogP contribution in [-0.4, -0.2) is 37.2 Å². The molecule has 1 heterocycles. The molecule has 0 aromatic rings. The van der Waals surface area contributed by atoms with Crippen LogP contribution in [0.15, 0.2) is 0 Å². The van der Waals surface area contributed by atoms with E-state index in [4.69, 9.17) is 4.74 Å². The number of hydrogen-bond donors (Lipinski definition) is 2. The molecule has 1 spiro atoms. The summed E-state index contributed by atoms with van der Waals surface area (Å²) in [6.45, 7) is 2.79. The highest BCUT2D eigenvalue weighted by Crippen LogP contribution is 2.33. The fourth-order valence-electron chi connectivity index (χ4n) is 3.31. The Morgan fingerprint density at radius 2 is 2.00 bits per heavy atom. The number of ether oxygens (including phenoxy) is 1. The summed E-state index contributed by atoms with van der Waals surface area (Å²) in [6, 6.07) is 0.384. The number of amides is 1. The van der Waals surface area contributed by atoms with Crippen LogP contribution in [0.25, 0.3) is 0 Å². The van der Waals surface area contributed by atoms with E-state index in [1.807, 2.05) is 0 Å². The van der Waals surface area contributed by atoms with Gasteiger partial charge in [-0.3, -0.25) is 4.79 Å². The molecule has 0 aromatic heterocycles. The predicted molar refractivity (Wildman–Crippen MR) is 69.3 cm³/mol. The molecule has 3 aliphatic rings. The van der Waals surface area contributed by atoms with Crippen molar-refractivity contribution >= 4 is 5.91 Å². The van der Waals surface area contributed by atoms with Gasteiger partial charge in [-0.05, 0) is 38.5 Å². The molecule has 0 atom stereocenters. The van der Waals surface area contributed by atoms with Gasteiger partial charge in [-0.2, -0.15) is 0 Å². The Bertz CT molecular complexity index is 299. The first-order chi connectivity index (χ1) is 8.77. The van der Waals surface area contributed by atoms with E-state index in [-0.39, 0.29) is 5.60 Å². The molecule has 2 N–H and O–H groups in total. The fraction of sp³-hybridized carbons (Fsp3) is 0.929. The molecule has 0 radical (unpaired) electrons. The molecule has 4 nitrogen and oxygen atoms in total. The van der Waals surface area contributed by atoms with E-state index < -0.39 is 0 Å². The fourth-order valence-corrected chi connectivity index (χ4v) is 3.31. The maximum Gasteiger partial charge on any atom is 0.223 e. The van der Waals surface area contributed by atoms with Crippen LogP contribution in [0.4, 0.5) is 0 Å². The highest BCUT2D eigenvalue weighted by Gasteiger charge is 2.38. The van der Waals surface area contributed by atoms with E-state index in [0.29, 0.717) is 17.9 Å². The summed E-state index contributed by atoms with van der Waals surface area (Å²) in [4.78, 5) is 11.9. The van der Waals surface area contributed by atoms with E-state index in [2.05, 4.69) is 10.6 Å². The Balaban J connectivity index is 1.46. The topological polar surface area (TPSA) is 50.4 Å². The summed E-state index contributed by atoms with van der Waals surface area (Å²) in [6.07, 6.45) is 7.71. The van der Waals surface area contributed by atoms with Gasteiger partial charge in [-0.15, -0.1) is 0 Å². The van der Waals surface area contributed by atoms with Crippen molar-refractivity contribution in [3.8, 4) is 0 Å². The highest BCUT2D eigenvalue weighted by molar-refractivity contribution is 5.79. The lowest BCUT2D eigenvalue weighted by Gasteiger charge is -2.43. The summed E-state index contributed by atoms with van der Waals surface area (Å²) in [5.74, 6) is 0.610. The number of carbonyl (C=O) groups is 1. The van der Waals surface area contributed by atoms with Gasteiger partial charge >= 0.3 is 0 Å². The average molecular weight is 252 g/mol. The first kappa shape index (κ1) is 12.4. The average Bonchev–Trinajstić information content (AvgIpc) is 2.31.